The van der Waals surface area contributed by atoms with Gasteiger partial charge in [0.15, 0.2) is 17.6 Å². The van der Waals surface area contributed by atoms with Crippen molar-refractivity contribution in [3.63, 3.8) is 0 Å². The monoisotopic (exact) mass is 381 g/mol. The first-order valence-electron chi connectivity index (χ1n) is 9.09. The molecule has 146 valence electrons. The summed E-state index contributed by atoms with van der Waals surface area (Å²) in [7, 11) is 1.49. The highest BCUT2D eigenvalue weighted by molar-refractivity contribution is 5.94. The normalized spacial score (nSPS) is 14.7. The molecule has 1 amide bonds. The van der Waals surface area contributed by atoms with E-state index in [2.05, 4.69) is 10.2 Å². The summed E-state index contributed by atoms with van der Waals surface area (Å²) in [5, 5.41) is 11.8. The molecule has 1 atom stereocenters. The summed E-state index contributed by atoms with van der Waals surface area (Å²) in [6, 6.07) is 14.6. The fourth-order valence-corrected chi connectivity index (χ4v) is 2.90. The molecular formula is C21H23N3O4. The molecule has 7 heteroatoms. The van der Waals surface area contributed by atoms with Crippen molar-refractivity contribution in [3.05, 3.63) is 48.0 Å². The first-order chi connectivity index (χ1) is 13.6. The number of rotatable bonds is 6. The molecule has 0 spiro atoms. The van der Waals surface area contributed by atoms with Gasteiger partial charge in [0, 0.05) is 30.5 Å². The van der Waals surface area contributed by atoms with Crippen molar-refractivity contribution in [2.45, 2.75) is 13.0 Å². The van der Waals surface area contributed by atoms with E-state index in [0.29, 0.717) is 22.7 Å². The third kappa shape index (κ3) is 4.72. The van der Waals surface area contributed by atoms with Crippen LogP contribution in [0.25, 0.3) is 0 Å². The number of benzene rings is 2. The number of nitriles is 1. The van der Waals surface area contributed by atoms with Gasteiger partial charge in [0.2, 0.25) is 0 Å². The second-order valence-corrected chi connectivity index (χ2v) is 6.37. The van der Waals surface area contributed by atoms with Gasteiger partial charge in [-0.2, -0.15) is 5.26 Å². The number of hydrogen-bond donors (Lipinski definition) is 1. The highest BCUT2D eigenvalue weighted by Crippen LogP contribution is 2.29. The quantitative estimate of drug-likeness (QED) is 0.828. The molecule has 7 nitrogen and oxygen atoms in total. The number of nitrogens with zero attached hydrogens (tertiary/aromatic N) is 2. The number of carbonyl (C=O) groups is 1. The average molecular weight is 381 g/mol. The average Bonchev–Trinajstić information content (AvgIpc) is 2.75. The van der Waals surface area contributed by atoms with Gasteiger partial charge in [-0.3, -0.25) is 4.79 Å². The molecule has 1 aliphatic heterocycles. The Kier molecular flexibility index (Phi) is 6.35. The summed E-state index contributed by atoms with van der Waals surface area (Å²) in [6.45, 7) is 4.85. The molecule has 0 aromatic heterocycles. The number of ether oxygens (including phenoxy) is 3. The molecule has 1 aliphatic rings. The second kappa shape index (κ2) is 9.11. The minimum absolute atomic E-state index is 0.273. The van der Waals surface area contributed by atoms with E-state index in [1.54, 1.807) is 25.1 Å². The Morgan fingerprint density at radius 3 is 2.54 bits per heavy atom. The van der Waals surface area contributed by atoms with E-state index in [0.717, 1.165) is 32.0 Å². The maximum atomic E-state index is 12.5. The van der Waals surface area contributed by atoms with Crippen LogP contribution in [0.5, 0.6) is 11.5 Å². The van der Waals surface area contributed by atoms with E-state index in [9.17, 15) is 4.79 Å². The summed E-state index contributed by atoms with van der Waals surface area (Å²) in [6.07, 6.45) is -0.735. The fourth-order valence-electron chi connectivity index (χ4n) is 2.90. The Morgan fingerprint density at radius 2 is 1.89 bits per heavy atom. The van der Waals surface area contributed by atoms with Crippen molar-refractivity contribution in [1.29, 1.82) is 5.26 Å². The van der Waals surface area contributed by atoms with Crippen molar-refractivity contribution in [2.24, 2.45) is 0 Å². The van der Waals surface area contributed by atoms with Gasteiger partial charge in [-0.15, -0.1) is 0 Å². The lowest BCUT2D eigenvalue weighted by Gasteiger charge is -2.29. The van der Waals surface area contributed by atoms with E-state index >= 15 is 0 Å². The van der Waals surface area contributed by atoms with Crippen LogP contribution in [0, 0.1) is 11.3 Å². The zero-order valence-electron chi connectivity index (χ0n) is 16.0. The smallest absolute Gasteiger partial charge is 0.265 e. The summed E-state index contributed by atoms with van der Waals surface area (Å²) in [5.41, 5.74) is 2.26. The van der Waals surface area contributed by atoms with Gasteiger partial charge in [-0.05, 0) is 43.3 Å². The maximum Gasteiger partial charge on any atom is 0.265 e. The molecule has 1 heterocycles. The molecule has 0 aliphatic carbocycles. The summed E-state index contributed by atoms with van der Waals surface area (Å²) < 4.78 is 16.3. The molecule has 0 radical (unpaired) electrons. The van der Waals surface area contributed by atoms with Crippen LogP contribution < -0.4 is 19.7 Å². The van der Waals surface area contributed by atoms with Crippen molar-refractivity contribution in [3.8, 4) is 17.6 Å². The SMILES string of the molecule is COc1cc(C#N)ccc1OC(C)C(=O)Nc1ccc(N2CCOCC2)cc1. The topological polar surface area (TPSA) is 83.8 Å². The Bertz CT molecular complexity index is 855. The number of carbonyl (C=O) groups excluding carboxylic acids is 1. The first-order valence-corrected chi connectivity index (χ1v) is 9.09. The van der Waals surface area contributed by atoms with Crippen LogP contribution >= 0.6 is 0 Å². The number of amides is 1. The molecule has 1 unspecified atom stereocenters. The lowest BCUT2D eigenvalue weighted by molar-refractivity contribution is -0.122. The first kappa shape index (κ1) is 19.5. The molecule has 1 N–H and O–H groups in total. The van der Waals surface area contributed by atoms with Gasteiger partial charge in [0.1, 0.15) is 0 Å². The highest BCUT2D eigenvalue weighted by Gasteiger charge is 2.18. The van der Waals surface area contributed by atoms with E-state index < -0.39 is 6.10 Å². The molecule has 1 fully saturated rings. The Hall–Kier alpha value is -3.24. The predicted octanol–water partition coefficient (Wildman–Crippen LogP) is 2.81. The minimum Gasteiger partial charge on any atom is -0.493 e. The zero-order chi connectivity index (χ0) is 19.9. The number of methoxy groups -OCH3 is 1. The van der Waals surface area contributed by atoms with Crippen molar-refractivity contribution < 1.29 is 19.0 Å². The molecule has 2 aromatic rings. The number of nitrogens with one attached hydrogen (secondary N) is 1. The minimum atomic E-state index is -0.735. The lowest BCUT2D eigenvalue weighted by atomic mass is 10.2. The van der Waals surface area contributed by atoms with E-state index in [1.165, 1.54) is 7.11 Å². The van der Waals surface area contributed by atoms with E-state index in [-0.39, 0.29) is 5.91 Å². The van der Waals surface area contributed by atoms with Gasteiger partial charge in [0.05, 0.1) is 32.0 Å². The molecule has 0 bridgehead atoms. The Labute approximate surface area is 164 Å². The van der Waals surface area contributed by atoms with Gasteiger partial charge in [0.25, 0.3) is 5.91 Å². The third-order valence-corrected chi connectivity index (χ3v) is 4.48. The zero-order valence-corrected chi connectivity index (χ0v) is 16.0. The Balaban J connectivity index is 1.60. The molecule has 28 heavy (non-hydrogen) atoms. The van der Waals surface area contributed by atoms with Crippen molar-refractivity contribution >= 4 is 17.3 Å². The summed E-state index contributed by atoms with van der Waals surface area (Å²) in [5.74, 6) is 0.547. The van der Waals surface area contributed by atoms with Gasteiger partial charge >= 0.3 is 0 Å². The fraction of sp³-hybridized carbons (Fsp3) is 0.333. The third-order valence-electron chi connectivity index (χ3n) is 4.48. The molecule has 2 aromatic carbocycles. The number of morpholine rings is 1. The molecule has 3 rings (SSSR count). The Morgan fingerprint density at radius 1 is 1.18 bits per heavy atom. The standard InChI is InChI=1S/C21H23N3O4/c1-15(28-19-8-3-16(14-22)13-20(19)26-2)21(25)23-17-4-6-18(7-5-17)24-9-11-27-12-10-24/h3-8,13,15H,9-12H2,1-2H3,(H,23,25). The van der Waals surface area contributed by atoms with Crippen molar-refractivity contribution in [2.75, 3.05) is 43.6 Å². The highest BCUT2D eigenvalue weighted by atomic mass is 16.5. The molecule has 0 saturated carbocycles. The van der Waals surface area contributed by atoms with Crippen LogP contribution in [0.1, 0.15) is 12.5 Å². The molecular weight excluding hydrogens is 358 g/mol. The lowest BCUT2D eigenvalue weighted by Crippen LogP contribution is -2.36. The predicted molar refractivity (Wildman–Crippen MR) is 106 cm³/mol. The van der Waals surface area contributed by atoms with Gasteiger partial charge in [-0.1, -0.05) is 0 Å². The largest absolute Gasteiger partial charge is 0.493 e. The van der Waals surface area contributed by atoms with Crippen LogP contribution in [0.3, 0.4) is 0 Å². The number of hydrogen-bond acceptors (Lipinski definition) is 6. The molecule has 1 saturated heterocycles. The van der Waals surface area contributed by atoms with Gasteiger partial charge < -0.3 is 24.4 Å². The van der Waals surface area contributed by atoms with E-state index in [1.807, 2.05) is 30.3 Å². The van der Waals surface area contributed by atoms with Gasteiger partial charge in [-0.25, -0.2) is 0 Å². The summed E-state index contributed by atoms with van der Waals surface area (Å²) in [4.78, 5) is 14.7. The van der Waals surface area contributed by atoms with Crippen LogP contribution in [-0.2, 0) is 9.53 Å². The van der Waals surface area contributed by atoms with Crippen LogP contribution in [0.15, 0.2) is 42.5 Å². The van der Waals surface area contributed by atoms with Crippen molar-refractivity contribution in [1.82, 2.24) is 0 Å². The van der Waals surface area contributed by atoms with Crippen LogP contribution in [0.4, 0.5) is 11.4 Å². The van der Waals surface area contributed by atoms with Crippen LogP contribution in [-0.4, -0.2) is 45.4 Å². The van der Waals surface area contributed by atoms with E-state index in [4.69, 9.17) is 19.5 Å². The maximum absolute atomic E-state index is 12.5. The summed E-state index contributed by atoms with van der Waals surface area (Å²) >= 11 is 0. The van der Waals surface area contributed by atoms with Crippen LogP contribution in [0.2, 0.25) is 0 Å². The second-order valence-electron chi connectivity index (χ2n) is 6.37. The number of anilines is 2.